The molecule has 1 atom stereocenters. The average molecular weight is 301 g/mol. The summed E-state index contributed by atoms with van der Waals surface area (Å²) in [6, 6.07) is 6.62. The second-order valence-electron chi connectivity index (χ2n) is 5.77. The number of aryl methyl sites for hydroxylation is 1. The number of likely N-dealkylation sites (tertiary alicyclic amines) is 1. The van der Waals surface area contributed by atoms with Crippen LogP contribution < -0.4 is 9.47 Å². The average Bonchev–Trinajstić information content (AvgIpc) is 3.16. The minimum absolute atomic E-state index is 0.364. The van der Waals surface area contributed by atoms with E-state index in [0.29, 0.717) is 37.5 Å². The number of hydrogen-bond donors (Lipinski definition) is 0. The summed E-state index contributed by atoms with van der Waals surface area (Å²) >= 11 is 0. The molecule has 0 radical (unpaired) electrons. The van der Waals surface area contributed by atoms with Crippen LogP contribution in [0, 0.1) is 6.92 Å². The van der Waals surface area contributed by atoms with Crippen LogP contribution in [0.5, 0.6) is 11.5 Å². The van der Waals surface area contributed by atoms with E-state index < -0.39 is 0 Å². The lowest BCUT2D eigenvalue weighted by molar-refractivity contribution is 0.170. The molecule has 2 aromatic rings. The Morgan fingerprint density at radius 1 is 1.23 bits per heavy atom. The monoisotopic (exact) mass is 301 g/mol. The number of benzene rings is 1. The number of hydrogen-bond acceptors (Lipinski definition) is 6. The Bertz CT molecular complexity index is 670. The van der Waals surface area contributed by atoms with Crippen molar-refractivity contribution in [1.29, 1.82) is 0 Å². The number of rotatable bonds is 3. The third-order valence-electron chi connectivity index (χ3n) is 4.22. The molecule has 1 saturated heterocycles. The molecule has 0 spiro atoms. The first-order valence-corrected chi connectivity index (χ1v) is 7.72. The second kappa shape index (κ2) is 5.61. The molecule has 1 aromatic heterocycles. The highest BCUT2D eigenvalue weighted by atomic mass is 16.6. The molecular weight excluding hydrogens is 282 g/mol. The van der Waals surface area contributed by atoms with Crippen LogP contribution in [0.3, 0.4) is 0 Å². The maximum atomic E-state index is 5.70. The molecule has 0 unspecified atom stereocenters. The molecule has 0 amide bonds. The predicted molar refractivity (Wildman–Crippen MR) is 78.9 cm³/mol. The van der Waals surface area contributed by atoms with Gasteiger partial charge >= 0.3 is 0 Å². The van der Waals surface area contributed by atoms with Gasteiger partial charge in [0.15, 0.2) is 17.3 Å². The smallest absolute Gasteiger partial charge is 0.240 e. The Morgan fingerprint density at radius 2 is 2.09 bits per heavy atom. The SMILES string of the molecule is Cc1noc(CN2CCC[C@@H]2c2ccc3c(c2)OCCO3)n1. The second-order valence-corrected chi connectivity index (χ2v) is 5.77. The van der Waals surface area contributed by atoms with Crippen molar-refractivity contribution in [1.82, 2.24) is 15.0 Å². The van der Waals surface area contributed by atoms with Crippen molar-refractivity contribution in [2.24, 2.45) is 0 Å². The van der Waals surface area contributed by atoms with E-state index in [1.807, 2.05) is 13.0 Å². The quantitative estimate of drug-likeness (QED) is 0.868. The molecular formula is C16H19N3O3. The molecule has 2 aliphatic heterocycles. The molecule has 6 nitrogen and oxygen atoms in total. The van der Waals surface area contributed by atoms with E-state index in [2.05, 4.69) is 27.2 Å². The topological polar surface area (TPSA) is 60.6 Å². The Labute approximate surface area is 129 Å². The number of nitrogens with zero attached hydrogens (tertiary/aromatic N) is 3. The summed E-state index contributed by atoms with van der Waals surface area (Å²) in [6.07, 6.45) is 2.30. The maximum absolute atomic E-state index is 5.70. The van der Waals surface area contributed by atoms with Crippen molar-refractivity contribution < 1.29 is 14.0 Å². The maximum Gasteiger partial charge on any atom is 0.240 e. The number of ether oxygens (including phenoxy) is 2. The minimum atomic E-state index is 0.364. The van der Waals surface area contributed by atoms with E-state index >= 15 is 0 Å². The van der Waals surface area contributed by atoms with Crippen molar-refractivity contribution in [2.75, 3.05) is 19.8 Å². The minimum Gasteiger partial charge on any atom is -0.486 e. The zero-order valence-corrected chi connectivity index (χ0v) is 12.6. The van der Waals surface area contributed by atoms with Crippen LogP contribution in [0.1, 0.15) is 36.2 Å². The van der Waals surface area contributed by atoms with E-state index in [4.69, 9.17) is 14.0 Å². The highest BCUT2D eigenvalue weighted by molar-refractivity contribution is 5.44. The van der Waals surface area contributed by atoms with Gasteiger partial charge in [0.05, 0.1) is 6.54 Å². The predicted octanol–water partition coefficient (Wildman–Crippen LogP) is 2.49. The van der Waals surface area contributed by atoms with Gasteiger partial charge in [0, 0.05) is 6.04 Å². The Hall–Kier alpha value is -2.08. The normalized spacial score (nSPS) is 21.2. The van der Waals surface area contributed by atoms with E-state index in [1.165, 1.54) is 12.0 Å². The Morgan fingerprint density at radius 3 is 2.91 bits per heavy atom. The van der Waals surface area contributed by atoms with Gasteiger partial charge in [-0.3, -0.25) is 4.90 Å². The molecule has 0 aliphatic carbocycles. The molecule has 1 aromatic carbocycles. The standard InChI is InChI=1S/C16H19N3O3/c1-11-17-16(22-18-11)10-19-6-2-3-13(19)12-4-5-14-15(9-12)21-8-7-20-14/h4-5,9,13H,2-3,6-8,10H2,1H3/t13-/m1/s1. The third-order valence-corrected chi connectivity index (χ3v) is 4.22. The number of fused-ring (bicyclic) bond motifs is 1. The van der Waals surface area contributed by atoms with Crippen LogP contribution in [-0.2, 0) is 6.54 Å². The van der Waals surface area contributed by atoms with Gasteiger partial charge in [0.1, 0.15) is 13.2 Å². The molecule has 3 heterocycles. The van der Waals surface area contributed by atoms with Gasteiger partial charge in [0.2, 0.25) is 5.89 Å². The molecule has 6 heteroatoms. The fourth-order valence-electron chi connectivity index (χ4n) is 3.24. The summed E-state index contributed by atoms with van der Waals surface area (Å²) in [5.74, 6) is 3.06. The summed E-state index contributed by atoms with van der Waals surface area (Å²) in [5.41, 5.74) is 1.26. The number of aromatic nitrogens is 2. The Balaban J connectivity index is 1.55. The first-order valence-electron chi connectivity index (χ1n) is 7.72. The first-order chi connectivity index (χ1) is 10.8. The Kier molecular flexibility index (Phi) is 3.46. The zero-order valence-electron chi connectivity index (χ0n) is 12.6. The summed E-state index contributed by atoms with van der Waals surface area (Å²) < 4.78 is 16.5. The highest BCUT2D eigenvalue weighted by Gasteiger charge is 2.28. The fourth-order valence-corrected chi connectivity index (χ4v) is 3.24. The lowest BCUT2D eigenvalue weighted by atomic mass is 10.0. The third kappa shape index (κ3) is 2.54. The molecule has 0 bridgehead atoms. The van der Waals surface area contributed by atoms with Crippen molar-refractivity contribution in [3.05, 3.63) is 35.5 Å². The van der Waals surface area contributed by atoms with Gasteiger partial charge in [-0.25, -0.2) is 0 Å². The summed E-state index contributed by atoms with van der Waals surface area (Å²) in [5, 5.41) is 3.86. The molecule has 4 rings (SSSR count). The van der Waals surface area contributed by atoms with Crippen LogP contribution >= 0.6 is 0 Å². The molecule has 0 saturated carbocycles. The van der Waals surface area contributed by atoms with Crippen LogP contribution in [0.2, 0.25) is 0 Å². The molecule has 2 aliphatic rings. The first kappa shape index (κ1) is 13.6. The van der Waals surface area contributed by atoms with Crippen molar-refractivity contribution in [2.45, 2.75) is 32.4 Å². The molecule has 1 fully saturated rings. The highest BCUT2D eigenvalue weighted by Crippen LogP contribution is 2.38. The van der Waals surface area contributed by atoms with E-state index in [-0.39, 0.29) is 0 Å². The van der Waals surface area contributed by atoms with Crippen LogP contribution in [-0.4, -0.2) is 34.8 Å². The van der Waals surface area contributed by atoms with Crippen molar-refractivity contribution in [3.8, 4) is 11.5 Å². The fraction of sp³-hybridized carbons (Fsp3) is 0.500. The van der Waals surface area contributed by atoms with Gasteiger partial charge in [-0.15, -0.1) is 0 Å². The van der Waals surface area contributed by atoms with E-state index in [0.717, 1.165) is 24.5 Å². The van der Waals surface area contributed by atoms with Gasteiger partial charge in [0.25, 0.3) is 0 Å². The largest absolute Gasteiger partial charge is 0.486 e. The van der Waals surface area contributed by atoms with Gasteiger partial charge in [-0.1, -0.05) is 11.2 Å². The van der Waals surface area contributed by atoms with Gasteiger partial charge < -0.3 is 14.0 Å². The van der Waals surface area contributed by atoms with E-state index in [9.17, 15) is 0 Å². The summed E-state index contributed by atoms with van der Waals surface area (Å²) in [6.45, 7) is 4.82. The van der Waals surface area contributed by atoms with Gasteiger partial charge in [-0.05, 0) is 44.0 Å². The summed E-state index contributed by atoms with van der Waals surface area (Å²) in [4.78, 5) is 6.70. The van der Waals surface area contributed by atoms with Crippen LogP contribution in [0.15, 0.2) is 22.7 Å². The van der Waals surface area contributed by atoms with E-state index in [1.54, 1.807) is 0 Å². The molecule has 22 heavy (non-hydrogen) atoms. The lowest BCUT2D eigenvalue weighted by Crippen LogP contribution is -2.23. The van der Waals surface area contributed by atoms with Crippen molar-refractivity contribution >= 4 is 0 Å². The molecule has 0 N–H and O–H groups in total. The summed E-state index contributed by atoms with van der Waals surface area (Å²) in [7, 11) is 0. The van der Waals surface area contributed by atoms with Crippen LogP contribution in [0.25, 0.3) is 0 Å². The van der Waals surface area contributed by atoms with Crippen LogP contribution in [0.4, 0.5) is 0 Å². The van der Waals surface area contributed by atoms with Crippen molar-refractivity contribution in [3.63, 3.8) is 0 Å². The van der Waals surface area contributed by atoms with Gasteiger partial charge in [-0.2, -0.15) is 4.98 Å². The lowest BCUT2D eigenvalue weighted by Gasteiger charge is -2.25. The molecule has 116 valence electrons. The zero-order chi connectivity index (χ0) is 14.9.